The molecule has 7 heteroatoms. The molecule has 1 aliphatic heterocycles. The maximum Gasteiger partial charge on any atom is 0.301 e. The minimum atomic E-state index is -0.826. The Kier molecular flexibility index (Phi) is 5.04. The number of rotatable bonds is 3. The summed E-state index contributed by atoms with van der Waals surface area (Å²) >= 11 is 7.41. The van der Waals surface area contributed by atoms with Crippen molar-refractivity contribution in [3.63, 3.8) is 0 Å². The first-order chi connectivity index (χ1) is 15.5. The molecule has 0 unspecified atom stereocenters. The smallest absolute Gasteiger partial charge is 0.301 e. The van der Waals surface area contributed by atoms with Gasteiger partial charge in [0.2, 0.25) is 0 Å². The number of aliphatic hydroxyl groups excluding tert-OH is 1. The molecule has 0 aliphatic carbocycles. The van der Waals surface area contributed by atoms with Crippen molar-refractivity contribution in [1.82, 2.24) is 4.98 Å². The van der Waals surface area contributed by atoms with Gasteiger partial charge in [-0.3, -0.25) is 14.5 Å². The number of ketones is 1. The van der Waals surface area contributed by atoms with Crippen molar-refractivity contribution in [1.29, 1.82) is 0 Å². The van der Waals surface area contributed by atoms with Crippen LogP contribution in [0.2, 0.25) is 5.02 Å². The summed E-state index contributed by atoms with van der Waals surface area (Å²) < 4.78 is 0.916. The van der Waals surface area contributed by atoms with Gasteiger partial charge in [0.15, 0.2) is 5.13 Å². The molecule has 1 atom stereocenters. The van der Waals surface area contributed by atoms with Gasteiger partial charge < -0.3 is 5.11 Å². The standard InChI is InChI=1S/C25H17ClN2O3S/c1-14-6-5-9-18-20(14)27-25(32-18)28-21(15-10-12-17(26)13-11-15)19(23(30)24(28)31)22(29)16-7-3-2-4-8-16/h2-13,21,29H,1H3/t21-/m1/s1. The Bertz CT molecular complexity index is 1390. The fourth-order valence-corrected chi connectivity index (χ4v) is 5.12. The molecule has 1 amide bonds. The number of aromatic nitrogens is 1. The molecule has 3 aromatic carbocycles. The van der Waals surface area contributed by atoms with Crippen LogP contribution >= 0.6 is 22.9 Å². The number of Topliss-reactive ketones (excluding diaryl/α,β-unsaturated/α-hetero) is 1. The van der Waals surface area contributed by atoms with Crippen LogP contribution in [0.5, 0.6) is 0 Å². The van der Waals surface area contributed by atoms with Crippen LogP contribution in [0.1, 0.15) is 22.7 Å². The molecule has 1 aliphatic rings. The van der Waals surface area contributed by atoms with E-state index < -0.39 is 17.7 Å². The number of benzene rings is 3. The van der Waals surface area contributed by atoms with Crippen molar-refractivity contribution < 1.29 is 14.7 Å². The number of amides is 1. The zero-order chi connectivity index (χ0) is 22.4. The number of carbonyl (C=O) groups is 2. The van der Waals surface area contributed by atoms with E-state index in [-0.39, 0.29) is 11.3 Å². The molecule has 0 spiro atoms. The molecule has 0 saturated carbocycles. The molecule has 1 saturated heterocycles. The largest absolute Gasteiger partial charge is 0.507 e. The number of anilines is 1. The Morgan fingerprint density at radius 2 is 1.72 bits per heavy atom. The number of carbonyl (C=O) groups excluding carboxylic acids is 2. The second kappa shape index (κ2) is 7.89. The highest BCUT2D eigenvalue weighted by atomic mass is 35.5. The zero-order valence-corrected chi connectivity index (χ0v) is 18.5. The number of halogens is 1. The van der Waals surface area contributed by atoms with E-state index in [1.807, 2.05) is 31.2 Å². The minimum Gasteiger partial charge on any atom is -0.507 e. The second-order valence-corrected chi connectivity index (χ2v) is 8.95. The summed E-state index contributed by atoms with van der Waals surface area (Å²) in [6, 6.07) is 20.6. The zero-order valence-electron chi connectivity index (χ0n) is 16.9. The van der Waals surface area contributed by atoms with Crippen molar-refractivity contribution in [2.45, 2.75) is 13.0 Å². The van der Waals surface area contributed by atoms with E-state index in [9.17, 15) is 14.7 Å². The maximum atomic E-state index is 13.2. The number of thiazole rings is 1. The molecular weight excluding hydrogens is 444 g/mol. The van der Waals surface area contributed by atoms with Gasteiger partial charge in [-0.2, -0.15) is 0 Å². The fraction of sp³-hybridized carbons (Fsp3) is 0.0800. The average Bonchev–Trinajstić information content (AvgIpc) is 3.34. The van der Waals surface area contributed by atoms with Crippen LogP contribution in [0.15, 0.2) is 78.4 Å². The fourth-order valence-electron chi connectivity index (χ4n) is 3.92. The maximum absolute atomic E-state index is 13.2. The van der Waals surface area contributed by atoms with Gasteiger partial charge in [0.1, 0.15) is 5.76 Å². The SMILES string of the molecule is Cc1cccc2sc(N3C(=O)C(=O)C(=C(O)c4ccccc4)[C@H]3c3ccc(Cl)cc3)nc12. The van der Waals surface area contributed by atoms with Crippen molar-refractivity contribution in [2.75, 3.05) is 4.90 Å². The Hall–Kier alpha value is -3.48. The van der Waals surface area contributed by atoms with E-state index >= 15 is 0 Å². The van der Waals surface area contributed by atoms with Gasteiger partial charge in [0.05, 0.1) is 21.8 Å². The molecule has 158 valence electrons. The van der Waals surface area contributed by atoms with Crippen LogP contribution in [0.25, 0.3) is 16.0 Å². The highest BCUT2D eigenvalue weighted by Crippen LogP contribution is 2.44. The highest BCUT2D eigenvalue weighted by Gasteiger charge is 2.48. The molecule has 0 bridgehead atoms. The summed E-state index contributed by atoms with van der Waals surface area (Å²) in [5.41, 5.74) is 2.91. The monoisotopic (exact) mass is 460 g/mol. The summed E-state index contributed by atoms with van der Waals surface area (Å²) in [5, 5.41) is 12.0. The molecular formula is C25H17ClN2O3S. The lowest BCUT2D eigenvalue weighted by Crippen LogP contribution is -2.29. The van der Waals surface area contributed by atoms with E-state index in [2.05, 4.69) is 4.98 Å². The summed E-state index contributed by atoms with van der Waals surface area (Å²) in [7, 11) is 0. The van der Waals surface area contributed by atoms with Gasteiger partial charge in [-0.15, -0.1) is 0 Å². The number of aryl methyl sites for hydroxylation is 1. The molecule has 0 radical (unpaired) electrons. The minimum absolute atomic E-state index is 0.0273. The highest BCUT2D eigenvalue weighted by molar-refractivity contribution is 7.22. The lowest BCUT2D eigenvalue weighted by Gasteiger charge is -2.23. The summed E-state index contributed by atoms with van der Waals surface area (Å²) in [6.07, 6.45) is 0. The molecule has 32 heavy (non-hydrogen) atoms. The first kappa shape index (κ1) is 20.4. The number of aliphatic hydroxyl groups is 1. The molecule has 4 aromatic rings. The first-order valence-corrected chi connectivity index (χ1v) is 11.1. The van der Waals surface area contributed by atoms with Crippen molar-refractivity contribution >= 4 is 55.7 Å². The third-order valence-corrected chi connectivity index (χ3v) is 6.76. The predicted molar refractivity (Wildman–Crippen MR) is 127 cm³/mol. The van der Waals surface area contributed by atoms with E-state index in [0.717, 1.165) is 15.8 Å². The molecule has 5 rings (SSSR count). The summed E-state index contributed by atoms with van der Waals surface area (Å²) in [4.78, 5) is 32.5. The van der Waals surface area contributed by atoms with Gasteiger partial charge in [0.25, 0.3) is 5.78 Å². The second-order valence-electron chi connectivity index (χ2n) is 7.50. The van der Waals surface area contributed by atoms with Crippen LogP contribution in [-0.4, -0.2) is 21.8 Å². The number of fused-ring (bicyclic) bond motifs is 1. The third-order valence-electron chi connectivity index (χ3n) is 5.49. The van der Waals surface area contributed by atoms with E-state index in [4.69, 9.17) is 11.6 Å². The van der Waals surface area contributed by atoms with Gasteiger partial charge in [-0.25, -0.2) is 4.98 Å². The quantitative estimate of drug-likeness (QED) is 0.235. The van der Waals surface area contributed by atoms with Crippen LogP contribution in [-0.2, 0) is 9.59 Å². The van der Waals surface area contributed by atoms with E-state index in [1.54, 1.807) is 48.5 Å². The van der Waals surface area contributed by atoms with Gasteiger partial charge >= 0.3 is 5.91 Å². The van der Waals surface area contributed by atoms with E-state index in [0.29, 0.717) is 21.3 Å². The Balaban J connectivity index is 1.75. The lowest BCUT2D eigenvalue weighted by molar-refractivity contribution is -0.132. The number of nitrogens with zero attached hydrogens (tertiary/aromatic N) is 2. The summed E-state index contributed by atoms with van der Waals surface area (Å²) in [5.74, 6) is -1.69. The van der Waals surface area contributed by atoms with Gasteiger partial charge in [-0.1, -0.05) is 77.5 Å². The molecule has 5 nitrogen and oxygen atoms in total. The van der Waals surface area contributed by atoms with Crippen LogP contribution in [0.4, 0.5) is 5.13 Å². The number of para-hydroxylation sites is 1. The van der Waals surface area contributed by atoms with Gasteiger partial charge in [0, 0.05) is 10.6 Å². The molecule has 2 heterocycles. The topological polar surface area (TPSA) is 70.5 Å². The normalized spacial score (nSPS) is 17.9. The molecule has 1 aromatic heterocycles. The molecule has 1 fully saturated rings. The summed E-state index contributed by atoms with van der Waals surface area (Å²) in [6.45, 7) is 1.95. The van der Waals surface area contributed by atoms with Gasteiger partial charge in [-0.05, 0) is 36.2 Å². The van der Waals surface area contributed by atoms with Crippen LogP contribution in [0, 0.1) is 6.92 Å². The van der Waals surface area contributed by atoms with E-state index in [1.165, 1.54) is 16.2 Å². The van der Waals surface area contributed by atoms with Crippen molar-refractivity contribution in [3.05, 3.63) is 100 Å². The van der Waals surface area contributed by atoms with Crippen molar-refractivity contribution in [3.8, 4) is 0 Å². The molecule has 1 N–H and O–H groups in total. The third kappa shape index (κ3) is 3.28. The number of hydrogen-bond acceptors (Lipinski definition) is 5. The Morgan fingerprint density at radius 1 is 1.00 bits per heavy atom. The average molecular weight is 461 g/mol. The first-order valence-electron chi connectivity index (χ1n) is 9.94. The lowest BCUT2D eigenvalue weighted by atomic mass is 9.95. The van der Waals surface area contributed by atoms with Crippen molar-refractivity contribution in [2.24, 2.45) is 0 Å². The predicted octanol–water partition coefficient (Wildman–Crippen LogP) is 5.88. The van der Waals surface area contributed by atoms with Crippen LogP contribution < -0.4 is 4.90 Å². The Labute approximate surface area is 193 Å². The Morgan fingerprint density at radius 3 is 2.41 bits per heavy atom. The van der Waals surface area contributed by atoms with Crippen LogP contribution in [0.3, 0.4) is 0 Å². The number of hydrogen-bond donors (Lipinski definition) is 1.